The number of benzene rings is 1. The van der Waals surface area contributed by atoms with Gasteiger partial charge in [0.2, 0.25) is 11.8 Å². The first-order valence-corrected chi connectivity index (χ1v) is 8.75. The first-order valence-electron chi connectivity index (χ1n) is 8.75. The van der Waals surface area contributed by atoms with E-state index >= 15 is 0 Å². The summed E-state index contributed by atoms with van der Waals surface area (Å²) >= 11 is 0. The van der Waals surface area contributed by atoms with Crippen LogP contribution >= 0.6 is 0 Å². The van der Waals surface area contributed by atoms with E-state index in [9.17, 15) is 9.59 Å². The largest absolute Gasteiger partial charge is 0.347 e. The summed E-state index contributed by atoms with van der Waals surface area (Å²) < 4.78 is 7.02. The number of ketones is 1. The number of Topliss-reactive ketones (excluding diaryl/α,β-unsaturated/α-hetero) is 1. The van der Waals surface area contributed by atoms with Gasteiger partial charge in [0.25, 0.3) is 0 Å². The van der Waals surface area contributed by atoms with E-state index in [0.717, 1.165) is 23.7 Å². The number of para-hydroxylation sites is 1. The van der Waals surface area contributed by atoms with Gasteiger partial charge >= 0.3 is 0 Å². The molecule has 0 saturated heterocycles. The number of aromatic nitrogens is 3. The van der Waals surface area contributed by atoms with Gasteiger partial charge in [0.05, 0.1) is 6.54 Å². The van der Waals surface area contributed by atoms with Gasteiger partial charge < -0.3 is 14.4 Å². The van der Waals surface area contributed by atoms with Gasteiger partial charge in [0.1, 0.15) is 6.04 Å². The fraction of sp³-hybridized carbons (Fsp3) is 0.368. The molecule has 2 aromatic heterocycles. The fourth-order valence-electron chi connectivity index (χ4n) is 3.08. The van der Waals surface area contributed by atoms with Gasteiger partial charge in [-0.05, 0) is 32.8 Å². The lowest BCUT2D eigenvalue weighted by Gasteiger charge is -2.14. The molecule has 1 aliphatic rings. The lowest BCUT2D eigenvalue weighted by molar-refractivity contribution is -0.124. The van der Waals surface area contributed by atoms with Crippen molar-refractivity contribution in [3.05, 3.63) is 47.7 Å². The Morgan fingerprint density at radius 1 is 1.35 bits per heavy atom. The summed E-state index contributed by atoms with van der Waals surface area (Å²) in [4.78, 5) is 28.8. The van der Waals surface area contributed by atoms with Gasteiger partial charge in [-0.25, -0.2) is 0 Å². The molecule has 0 bridgehead atoms. The molecule has 1 N–H and O–H groups in total. The number of rotatable bonds is 6. The minimum Gasteiger partial charge on any atom is -0.347 e. The minimum absolute atomic E-state index is 0.0213. The molecule has 1 fully saturated rings. The lowest BCUT2D eigenvalue weighted by Crippen LogP contribution is -2.30. The number of nitrogens with one attached hydrogen (secondary N) is 1. The van der Waals surface area contributed by atoms with E-state index < -0.39 is 6.04 Å². The maximum Gasteiger partial charge on any atom is 0.243 e. The van der Waals surface area contributed by atoms with Crippen molar-refractivity contribution in [2.24, 2.45) is 0 Å². The molecule has 1 saturated carbocycles. The SMILES string of the molecule is CC(=O)c1cn(C(C)C(=O)NCc2noc(C3CC3)n2)c2ccccc12. The maximum absolute atomic E-state index is 12.6. The van der Waals surface area contributed by atoms with Crippen molar-refractivity contribution in [1.29, 1.82) is 0 Å². The van der Waals surface area contributed by atoms with Crippen molar-refractivity contribution in [3.8, 4) is 0 Å². The third-order valence-electron chi connectivity index (χ3n) is 4.75. The molecule has 134 valence electrons. The summed E-state index contributed by atoms with van der Waals surface area (Å²) in [7, 11) is 0. The normalized spacial score (nSPS) is 15.2. The predicted molar refractivity (Wildman–Crippen MR) is 94.8 cm³/mol. The van der Waals surface area contributed by atoms with Crippen LogP contribution in [0.25, 0.3) is 10.9 Å². The standard InChI is InChI=1S/C19H20N4O3/c1-11(18(25)20-9-17-21-19(26-22-17)13-7-8-13)23-10-15(12(2)24)14-5-3-4-6-16(14)23/h3-6,10-11,13H,7-9H2,1-2H3,(H,20,25). The zero-order chi connectivity index (χ0) is 18.3. The second-order valence-corrected chi connectivity index (χ2v) is 6.74. The number of hydrogen-bond donors (Lipinski definition) is 1. The number of hydrogen-bond acceptors (Lipinski definition) is 5. The van der Waals surface area contributed by atoms with Crippen molar-refractivity contribution in [2.45, 2.75) is 45.2 Å². The Labute approximate surface area is 150 Å². The molecule has 2 heterocycles. The minimum atomic E-state index is -0.470. The highest BCUT2D eigenvalue weighted by molar-refractivity contribution is 6.07. The zero-order valence-corrected chi connectivity index (χ0v) is 14.7. The molecule has 0 radical (unpaired) electrons. The van der Waals surface area contributed by atoms with Crippen LogP contribution in [0.4, 0.5) is 0 Å². The van der Waals surface area contributed by atoms with Crippen molar-refractivity contribution in [1.82, 2.24) is 20.0 Å². The monoisotopic (exact) mass is 352 g/mol. The Kier molecular flexibility index (Phi) is 4.06. The molecule has 1 amide bonds. The van der Waals surface area contributed by atoms with Gasteiger partial charge in [0, 0.05) is 28.6 Å². The highest BCUT2D eigenvalue weighted by atomic mass is 16.5. The van der Waals surface area contributed by atoms with Crippen molar-refractivity contribution in [2.75, 3.05) is 0 Å². The number of fused-ring (bicyclic) bond motifs is 1. The third-order valence-corrected chi connectivity index (χ3v) is 4.75. The van der Waals surface area contributed by atoms with E-state index in [2.05, 4.69) is 15.5 Å². The molecule has 1 aromatic carbocycles. The van der Waals surface area contributed by atoms with Gasteiger partial charge in [0.15, 0.2) is 11.6 Å². The Balaban J connectivity index is 1.51. The van der Waals surface area contributed by atoms with E-state index in [0.29, 0.717) is 23.2 Å². The Hall–Kier alpha value is -2.96. The summed E-state index contributed by atoms with van der Waals surface area (Å²) in [6, 6.07) is 7.12. The molecule has 1 aliphatic carbocycles. The third kappa shape index (κ3) is 3.00. The van der Waals surface area contributed by atoms with E-state index in [1.54, 1.807) is 13.1 Å². The average Bonchev–Trinajstić information content (AvgIpc) is 3.25. The van der Waals surface area contributed by atoms with Crippen LogP contribution in [0.5, 0.6) is 0 Å². The fourth-order valence-corrected chi connectivity index (χ4v) is 3.08. The number of nitrogens with zero attached hydrogens (tertiary/aromatic N) is 3. The van der Waals surface area contributed by atoms with Crippen molar-refractivity contribution >= 4 is 22.6 Å². The van der Waals surface area contributed by atoms with Gasteiger partial charge in [-0.1, -0.05) is 23.4 Å². The molecular formula is C19H20N4O3. The van der Waals surface area contributed by atoms with E-state index in [-0.39, 0.29) is 18.2 Å². The summed E-state index contributed by atoms with van der Waals surface area (Å²) in [6.07, 6.45) is 3.92. The van der Waals surface area contributed by atoms with Crippen LogP contribution in [-0.2, 0) is 11.3 Å². The summed E-state index contributed by atoms with van der Waals surface area (Å²) in [5.41, 5.74) is 1.48. The average molecular weight is 352 g/mol. The number of carbonyl (C=O) groups is 2. The first-order chi connectivity index (χ1) is 12.5. The molecule has 4 rings (SSSR count). The lowest BCUT2D eigenvalue weighted by atomic mass is 10.1. The molecule has 7 nitrogen and oxygen atoms in total. The van der Waals surface area contributed by atoms with E-state index in [1.807, 2.05) is 28.8 Å². The molecule has 1 atom stereocenters. The van der Waals surface area contributed by atoms with E-state index in [4.69, 9.17) is 4.52 Å². The maximum atomic E-state index is 12.6. The van der Waals surface area contributed by atoms with Crippen molar-refractivity contribution < 1.29 is 14.1 Å². The molecular weight excluding hydrogens is 332 g/mol. The van der Waals surface area contributed by atoms with Crippen LogP contribution in [0.3, 0.4) is 0 Å². The molecule has 0 spiro atoms. The molecule has 1 unspecified atom stereocenters. The zero-order valence-electron chi connectivity index (χ0n) is 14.7. The summed E-state index contributed by atoms with van der Waals surface area (Å²) in [5, 5.41) is 7.60. The second-order valence-electron chi connectivity index (χ2n) is 6.74. The molecule has 26 heavy (non-hydrogen) atoms. The number of amides is 1. The first kappa shape index (κ1) is 16.5. The summed E-state index contributed by atoms with van der Waals surface area (Å²) in [6.45, 7) is 3.56. The Bertz CT molecular complexity index is 984. The Morgan fingerprint density at radius 2 is 2.12 bits per heavy atom. The van der Waals surface area contributed by atoms with Gasteiger partial charge in [-0.15, -0.1) is 0 Å². The predicted octanol–water partition coefficient (Wildman–Crippen LogP) is 2.98. The van der Waals surface area contributed by atoms with Crippen molar-refractivity contribution in [3.63, 3.8) is 0 Å². The number of carbonyl (C=O) groups excluding carboxylic acids is 2. The van der Waals surface area contributed by atoms with Gasteiger partial charge in [-0.3, -0.25) is 9.59 Å². The quantitative estimate of drug-likeness (QED) is 0.689. The molecule has 3 aromatic rings. The highest BCUT2D eigenvalue weighted by Gasteiger charge is 2.29. The van der Waals surface area contributed by atoms with Crippen LogP contribution in [0.15, 0.2) is 35.0 Å². The topological polar surface area (TPSA) is 90.0 Å². The van der Waals surface area contributed by atoms with Crippen LogP contribution in [0.1, 0.15) is 60.7 Å². The van der Waals surface area contributed by atoms with Crippen LogP contribution in [-0.4, -0.2) is 26.4 Å². The molecule has 7 heteroatoms. The van der Waals surface area contributed by atoms with Crippen LogP contribution in [0.2, 0.25) is 0 Å². The Morgan fingerprint density at radius 3 is 2.85 bits per heavy atom. The highest BCUT2D eigenvalue weighted by Crippen LogP contribution is 2.38. The smallest absolute Gasteiger partial charge is 0.243 e. The van der Waals surface area contributed by atoms with Crippen LogP contribution in [0, 0.1) is 0 Å². The van der Waals surface area contributed by atoms with E-state index in [1.165, 1.54) is 6.92 Å². The van der Waals surface area contributed by atoms with Crippen LogP contribution < -0.4 is 5.32 Å². The van der Waals surface area contributed by atoms with Gasteiger partial charge in [-0.2, -0.15) is 4.98 Å². The molecule has 0 aliphatic heterocycles. The summed E-state index contributed by atoms with van der Waals surface area (Å²) in [5.74, 6) is 1.34. The second kappa shape index (κ2) is 6.40.